The second-order valence-electron chi connectivity index (χ2n) is 6.56. The van der Waals surface area contributed by atoms with E-state index in [1.807, 2.05) is 0 Å². The Morgan fingerprint density at radius 3 is 2.27 bits per heavy atom. The fraction of sp³-hybridized carbons (Fsp3) is 0.150. The molecule has 2 aromatic carbocycles. The van der Waals surface area contributed by atoms with E-state index in [1.165, 1.54) is 24.5 Å². The Balaban J connectivity index is 1.74. The van der Waals surface area contributed by atoms with Crippen molar-refractivity contribution in [2.24, 2.45) is 0 Å². The summed E-state index contributed by atoms with van der Waals surface area (Å²) in [7, 11) is -7.13. The smallest absolute Gasteiger partial charge is 0.287 e. The van der Waals surface area contributed by atoms with Gasteiger partial charge in [0, 0.05) is 12.1 Å². The van der Waals surface area contributed by atoms with Crippen LogP contribution >= 0.6 is 0 Å². The highest BCUT2D eigenvalue weighted by molar-refractivity contribution is 7.92. The third-order valence-electron chi connectivity index (χ3n) is 4.15. The van der Waals surface area contributed by atoms with E-state index in [9.17, 15) is 21.6 Å². The number of furan rings is 1. The van der Waals surface area contributed by atoms with E-state index in [0.29, 0.717) is 11.3 Å². The largest absolute Gasteiger partial charge is 0.459 e. The monoisotopic (exact) mass is 448 g/mol. The minimum Gasteiger partial charge on any atom is -0.459 e. The van der Waals surface area contributed by atoms with Crippen molar-refractivity contribution in [3.63, 3.8) is 0 Å². The van der Waals surface area contributed by atoms with Crippen molar-refractivity contribution in [2.75, 3.05) is 11.0 Å². The van der Waals surface area contributed by atoms with Crippen LogP contribution in [0.1, 0.15) is 21.7 Å². The average Bonchev–Trinajstić information content (AvgIpc) is 3.14. The Labute approximate surface area is 174 Å². The Morgan fingerprint density at radius 1 is 0.900 bits per heavy atom. The number of sulfone groups is 1. The number of carbonyl (C=O) groups excluding carboxylic acids is 1. The number of carbonyl (C=O) groups is 1. The molecule has 0 saturated carbocycles. The first-order chi connectivity index (χ1) is 14.2. The van der Waals surface area contributed by atoms with E-state index >= 15 is 0 Å². The first-order valence-electron chi connectivity index (χ1n) is 8.84. The molecule has 158 valence electrons. The van der Waals surface area contributed by atoms with Crippen LogP contribution in [0.4, 0.5) is 5.69 Å². The van der Waals surface area contributed by atoms with E-state index in [-0.39, 0.29) is 28.5 Å². The molecule has 30 heavy (non-hydrogen) atoms. The van der Waals surface area contributed by atoms with E-state index in [2.05, 4.69) is 10.0 Å². The maximum absolute atomic E-state index is 12.6. The number of nitrogens with one attached hydrogen (secondary N) is 2. The van der Waals surface area contributed by atoms with E-state index in [1.54, 1.807) is 42.5 Å². The fourth-order valence-corrected chi connectivity index (χ4v) is 4.77. The van der Waals surface area contributed by atoms with Crippen molar-refractivity contribution < 1.29 is 26.0 Å². The number of hydrogen-bond acceptors (Lipinski definition) is 6. The molecule has 8 nitrogen and oxygen atoms in total. The van der Waals surface area contributed by atoms with Gasteiger partial charge in [0.05, 0.1) is 28.9 Å². The van der Waals surface area contributed by atoms with Gasteiger partial charge in [0.25, 0.3) is 5.91 Å². The molecule has 3 rings (SSSR count). The third kappa shape index (κ3) is 5.49. The van der Waals surface area contributed by atoms with Gasteiger partial charge in [0.15, 0.2) is 15.6 Å². The molecule has 10 heteroatoms. The van der Waals surface area contributed by atoms with Gasteiger partial charge >= 0.3 is 0 Å². The zero-order valence-corrected chi connectivity index (χ0v) is 17.7. The molecular weight excluding hydrogens is 428 g/mol. The lowest BCUT2D eigenvalue weighted by Gasteiger charge is -2.11. The molecule has 2 N–H and O–H groups in total. The van der Waals surface area contributed by atoms with Crippen LogP contribution in [-0.2, 0) is 32.2 Å². The minimum absolute atomic E-state index is 0.0170. The molecule has 0 aliphatic carbocycles. The predicted octanol–water partition coefficient (Wildman–Crippen LogP) is 2.56. The SMILES string of the molecule is CS(=O)(=O)Nc1ccccc1CNC(=O)c1occc1CS(=O)(=O)c1ccccc1. The minimum atomic E-state index is -3.65. The molecule has 0 atom stereocenters. The molecule has 0 unspecified atom stereocenters. The first-order valence-corrected chi connectivity index (χ1v) is 12.4. The second-order valence-corrected chi connectivity index (χ2v) is 10.3. The Morgan fingerprint density at radius 2 is 1.57 bits per heavy atom. The molecule has 0 saturated heterocycles. The Bertz CT molecular complexity index is 1250. The highest BCUT2D eigenvalue weighted by Crippen LogP contribution is 2.21. The lowest BCUT2D eigenvalue weighted by Crippen LogP contribution is -2.24. The molecule has 0 fully saturated rings. The quantitative estimate of drug-likeness (QED) is 0.546. The zero-order chi connectivity index (χ0) is 21.8. The van der Waals surface area contributed by atoms with Gasteiger partial charge in [0.1, 0.15) is 0 Å². The number of sulfonamides is 1. The molecule has 3 aromatic rings. The van der Waals surface area contributed by atoms with Crippen LogP contribution in [0.5, 0.6) is 0 Å². The van der Waals surface area contributed by atoms with Crippen LogP contribution in [0.2, 0.25) is 0 Å². The molecule has 0 bridgehead atoms. The van der Waals surface area contributed by atoms with Crippen LogP contribution in [0.15, 0.2) is 76.2 Å². The summed E-state index contributed by atoms with van der Waals surface area (Å²) >= 11 is 0. The highest BCUT2D eigenvalue weighted by Gasteiger charge is 2.22. The number of para-hydroxylation sites is 1. The fourth-order valence-electron chi connectivity index (χ4n) is 2.79. The van der Waals surface area contributed by atoms with E-state index in [4.69, 9.17) is 4.42 Å². The van der Waals surface area contributed by atoms with Crippen molar-refractivity contribution in [1.82, 2.24) is 5.32 Å². The lowest BCUT2D eigenvalue weighted by molar-refractivity contribution is 0.0922. The van der Waals surface area contributed by atoms with Crippen LogP contribution < -0.4 is 10.0 Å². The van der Waals surface area contributed by atoms with Gasteiger partial charge in [-0.15, -0.1) is 0 Å². The normalized spacial score (nSPS) is 11.8. The average molecular weight is 449 g/mol. The van der Waals surface area contributed by atoms with Crippen molar-refractivity contribution in [3.05, 3.63) is 83.8 Å². The van der Waals surface area contributed by atoms with Gasteiger partial charge in [-0.05, 0) is 29.8 Å². The highest BCUT2D eigenvalue weighted by atomic mass is 32.2. The van der Waals surface area contributed by atoms with Crippen LogP contribution in [-0.4, -0.2) is 29.0 Å². The summed E-state index contributed by atoms with van der Waals surface area (Å²) in [6.07, 6.45) is 2.29. The molecule has 0 spiro atoms. The number of amides is 1. The van der Waals surface area contributed by atoms with Crippen LogP contribution in [0.25, 0.3) is 0 Å². The lowest BCUT2D eigenvalue weighted by atomic mass is 10.2. The van der Waals surface area contributed by atoms with Crippen LogP contribution in [0.3, 0.4) is 0 Å². The van der Waals surface area contributed by atoms with Gasteiger partial charge in [-0.25, -0.2) is 16.8 Å². The van der Waals surface area contributed by atoms with Gasteiger partial charge in [-0.3, -0.25) is 9.52 Å². The third-order valence-corrected chi connectivity index (χ3v) is 6.43. The van der Waals surface area contributed by atoms with Gasteiger partial charge in [-0.1, -0.05) is 36.4 Å². The van der Waals surface area contributed by atoms with Gasteiger partial charge in [-0.2, -0.15) is 0 Å². The van der Waals surface area contributed by atoms with Crippen molar-refractivity contribution in [1.29, 1.82) is 0 Å². The van der Waals surface area contributed by atoms with E-state index < -0.39 is 25.8 Å². The molecular formula is C20H20N2O6S2. The van der Waals surface area contributed by atoms with E-state index in [0.717, 1.165) is 6.26 Å². The molecule has 0 aliphatic heterocycles. The van der Waals surface area contributed by atoms with Crippen LogP contribution in [0, 0.1) is 0 Å². The maximum atomic E-state index is 12.6. The van der Waals surface area contributed by atoms with Crippen molar-refractivity contribution >= 4 is 31.5 Å². The number of rotatable bonds is 8. The Kier molecular flexibility index (Phi) is 6.28. The zero-order valence-electron chi connectivity index (χ0n) is 16.0. The summed E-state index contributed by atoms with van der Waals surface area (Å²) in [5.74, 6) is -1.10. The summed E-state index contributed by atoms with van der Waals surface area (Å²) in [4.78, 5) is 12.7. The predicted molar refractivity (Wildman–Crippen MR) is 112 cm³/mol. The van der Waals surface area contributed by atoms with Crippen molar-refractivity contribution in [3.8, 4) is 0 Å². The topological polar surface area (TPSA) is 123 Å². The van der Waals surface area contributed by atoms with Gasteiger partial charge in [0.2, 0.25) is 10.0 Å². The second kappa shape index (κ2) is 8.72. The molecule has 1 aromatic heterocycles. The number of hydrogen-bond donors (Lipinski definition) is 2. The summed E-state index contributed by atoms with van der Waals surface area (Å²) in [5, 5.41) is 2.63. The molecule has 1 amide bonds. The van der Waals surface area contributed by atoms with Gasteiger partial charge < -0.3 is 9.73 Å². The summed E-state index contributed by atoms with van der Waals surface area (Å²) in [5.41, 5.74) is 1.12. The first kappa shape index (κ1) is 21.6. The molecule has 0 aliphatic rings. The molecule has 1 heterocycles. The number of benzene rings is 2. The molecule has 0 radical (unpaired) electrons. The summed E-state index contributed by atoms with van der Waals surface area (Å²) in [6, 6.07) is 16.0. The number of anilines is 1. The van der Waals surface area contributed by atoms with Crippen molar-refractivity contribution in [2.45, 2.75) is 17.2 Å². The Hall–Kier alpha value is -3.11. The standard InChI is InChI=1S/C20H20N2O6S2/c1-29(24,25)22-18-10-6-5-7-15(18)13-21-20(23)19-16(11-12-28-19)14-30(26,27)17-8-3-2-4-9-17/h2-12,22H,13-14H2,1H3,(H,21,23). The summed E-state index contributed by atoms with van der Waals surface area (Å²) < 4.78 is 55.8. The maximum Gasteiger partial charge on any atom is 0.287 e. The summed E-state index contributed by atoms with van der Waals surface area (Å²) in [6.45, 7) is 0.0170.